The molecule has 6 heteroatoms. The van der Waals surface area contributed by atoms with Crippen molar-refractivity contribution in [1.29, 1.82) is 0 Å². The molecular formula is C21H24N2O4. The Morgan fingerprint density at radius 2 is 1.48 bits per heavy atom. The van der Waals surface area contributed by atoms with Crippen LogP contribution >= 0.6 is 0 Å². The molecule has 0 spiro atoms. The predicted octanol–water partition coefficient (Wildman–Crippen LogP) is 1.96. The average Bonchev–Trinajstić information content (AvgIpc) is 2.71. The van der Waals surface area contributed by atoms with Crippen LogP contribution in [0.3, 0.4) is 0 Å². The lowest BCUT2D eigenvalue weighted by atomic mass is 9.89. The van der Waals surface area contributed by atoms with Crippen LogP contribution in [-0.2, 0) is 19.1 Å². The van der Waals surface area contributed by atoms with E-state index in [1.165, 1.54) is 19.0 Å². The van der Waals surface area contributed by atoms with Crippen LogP contribution in [0.4, 0.5) is 0 Å². The topological polar surface area (TPSA) is 75.7 Å². The van der Waals surface area contributed by atoms with Crippen molar-refractivity contribution >= 4 is 17.8 Å². The van der Waals surface area contributed by atoms with Crippen LogP contribution in [0.5, 0.6) is 0 Å². The van der Waals surface area contributed by atoms with E-state index in [0.29, 0.717) is 0 Å². The van der Waals surface area contributed by atoms with Crippen LogP contribution in [0.1, 0.15) is 23.5 Å². The van der Waals surface area contributed by atoms with Gasteiger partial charge in [-0.25, -0.2) is 0 Å². The zero-order valence-electron chi connectivity index (χ0n) is 15.6. The summed E-state index contributed by atoms with van der Waals surface area (Å²) >= 11 is 0. The van der Waals surface area contributed by atoms with E-state index >= 15 is 0 Å². The van der Waals surface area contributed by atoms with Crippen molar-refractivity contribution < 1.29 is 19.1 Å². The summed E-state index contributed by atoms with van der Waals surface area (Å²) in [6.45, 7) is -0.466. The molecule has 1 N–H and O–H groups in total. The highest BCUT2D eigenvalue weighted by Crippen LogP contribution is 2.28. The average molecular weight is 368 g/mol. The third kappa shape index (κ3) is 6.26. The summed E-state index contributed by atoms with van der Waals surface area (Å²) in [4.78, 5) is 36.9. The molecule has 0 unspecified atom stereocenters. The Labute approximate surface area is 159 Å². The number of carbonyl (C=O) groups is 3. The first-order chi connectivity index (χ1) is 13.0. The van der Waals surface area contributed by atoms with Crippen molar-refractivity contribution in [2.24, 2.45) is 0 Å². The summed E-state index contributed by atoms with van der Waals surface area (Å²) in [7, 11) is 2.98. The lowest BCUT2D eigenvalue weighted by Gasteiger charge is -2.19. The Bertz CT molecular complexity index is 723. The van der Waals surface area contributed by atoms with Crippen LogP contribution in [0, 0.1) is 0 Å². The first-order valence-electron chi connectivity index (χ1n) is 8.71. The molecule has 0 radical (unpaired) electrons. The second-order valence-corrected chi connectivity index (χ2v) is 6.16. The van der Waals surface area contributed by atoms with Gasteiger partial charge in [0.05, 0.1) is 13.0 Å². The van der Waals surface area contributed by atoms with Gasteiger partial charge in [-0.05, 0) is 11.1 Å². The lowest BCUT2D eigenvalue weighted by Crippen LogP contribution is -2.39. The van der Waals surface area contributed by atoms with Gasteiger partial charge in [0.25, 0.3) is 5.91 Å². The van der Waals surface area contributed by atoms with Crippen molar-refractivity contribution in [3.63, 3.8) is 0 Å². The van der Waals surface area contributed by atoms with Gasteiger partial charge in [-0.15, -0.1) is 0 Å². The second kappa shape index (κ2) is 10.1. The molecule has 2 aromatic rings. The minimum atomic E-state index is -0.464. The number of esters is 1. The first-order valence-corrected chi connectivity index (χ1v) is 8.71. The summed E-state index contributed by atoms with van der Waals surface area (Å²) in [6, 6.07) is 19.4. The normalized spacial score (nSPS) is 10.3. The summed E-state index contributed by atoms with van der Waals surface area (Å²) in [5, 5.41) is 2.44. The maximum Gasteiger partial charge on any atom is 0.307 e. The highest BCUT2D eigenvalue weighted by atomic mass is 16.5. The molecule has 0 saturated heterocycles. The number of carbonyl (C=O) groups excluding carboxylic acids is 3. The maximum atomic E-state index is 12.3. The smallest absolute Gasteiger partial charge is 0.307 e. The van der Waals surface area contributed by atoms with Crippen LogP contribution in [0.25, 0.3) is 0 Å². The standard InChI is InChI=1S/C21H24N2O4/c1-22-19(24)14-23(2)20(25)15-27-21(26)13-18(16-9-5-3-6-10-16)17-11-7-4-8-12-17/h3-12,18H,13-15H2,1-2H3,(H,22,24). The lowest BCUT2D eigenvalue weighted by molar-refractivity contribution is -0.152. The molecule has 2 amide bonds. The van der Waals surface area contributed by atoms with Gasteiger partial charge < -0.3 is 15.0 Å². The van der Waals surface area contributed by atoms with E-state index in [0.717, 1.165) is 11.1 Å². The fourth-order valence-electron chi connectivity index (χ4n) is 2.66. The molecule has 0 bridgehead atoms. The Morgan fingerprint density at radius 3 is 1.96 bits per heavy atom. The molecule has 6 nitrogen and oxygen atoms in total. The van der Waals surface area contributed by atoms with E-state index in [1.807, 2.05) is 60.7 Å². The van der Waals surface area contributed by atoms with Gasteiger partial charge in [-0.1, -0.05) is 60.7 Å². The minimum absolute atomic E-state index is 0.0798. The van der Waals surface area contributed by atoms with Crippen molar-refractivity contribution in [3.8, 4) is 0 Å². The van der Waals surface area contributed by atoms with Gasteiger partial charge in [0.1, 0.15) is 0 Å². The number of hydrogen-bond acceptors (Lipinski definition) is 4. The quantitative estimate of drug-likeness (QED) is 0.723. The van der Waals surface area contributed by atoms with E-state index in [9.17, 15) is 14.4 Å². The van der Waals surface area contributed by atoms with Gasteiger partial charge >= 0.3 is 5.97 Å². The molecule has 27 heavy (non-hydrogen) atoms. The van der Waals surface area contributed by atoms with Crippen LogP contribution in [0.15, 0.2) is 60.7 Å². The monoisotopic (exact) mass is 368 g/mol. The molecule has 142 valence electrons. The highest BCUT2D eigenvalue weighted by Gasteiger charge is 2.20. The van der Waals surface area contributed by atoms with Crippen LogP contribution in [-0.4, -0.2) is 49.9 Å². The SMILES string of the molecule is CNC(=O)CN(C)C(=O)COC(=O)CC(c1ccccc1)c1ccccc1. The Balaban J connectivity index is 1.98. The Morgan fingerprint density at radius 1 is 0.963 bits per heavy atom. The molecule has 0 aliphatic heterocycles. The molecular weight excluding hydrogens is 344 g/mol. The Hall–Kier alpha value is -3.15. The van der Waals surface area contributed by atoms with Gasteiger partial charge in [0.15, 0.2) is 6.61 Å². The first kappa shape index (κ1) is 20.2. The molecule has 0 heterocycles. The summed E-state index contributed by atoms with van der Waals surface area (Å²) in [5.41, 5.74) is 2.01. The van der Waals surface area contributed by atoms with Gasteiger partial charge in [-0.3, -0.25) is 14.4 Å². The maximum absolute atomic E-state index is 12.3. The second-order valence-electron chi connectivity index (χ2n) is 6.16. The van der Waals surface area contributed by atoms with E-state index < -0.39 is 11.9 Å². The van der Waals surface area contributed by atoms with Gasteiger partial charge in [0.2, 0.25) is 5.91 Å². The van der Waals surface area contributed by atoms with Crippen molar-refractivity contribution in [1.82, 2.24) is 10.2 Å². The number of amides is 2. The number of likely N-dealkylation sites (N-methyl/N-ethyl adjacent to an activating group) is 2. The highest BCUT2D eigenvalue weighted by molar-refractivity contribution is 5.86. The zero-order chi connectivity index (χ0) is 19.6. The van der Waals surface area contributed by atoms with Gasteiger partial charge in [-0.2, -0.15) is 0 Å². The molecule has 0 saturated carbocycles. The Kier molecular flexibility index (Phi) is 7.55. The molecule has 0 aromatic heterocycles. The molecule has 2 rings (SSSR count). The van der Waals surface area contributed by atoms with E-state index in [1.54, 1.807) is 0 Å². The third-order valence-electron chi connectivity index (χ3n) is 4.22. The van der Waals surface area contributed by atoms with E-state index in [4.69, 9.17) is 4.74 Å². The van der Waals surface area contributed by atoms with Gasteiger partial charge in [0, 0.05) is 20.0 Å². The number of nitrogens with one attached hydrogen (secondary N) is 1. The van der Waals surface area contributed by atoms with Crippen LogP contribution in [0.2, 0.25) is 0 Å². The number of hydrogen-bond donors (Lipinski definition) is 1. The number of rotatable bonds is 8. The fourth-order valence-corrected chi connectivity index (χ4v) is 2.66. The molecule has 0 aliphatic rings. The summed E-state index contributed by atoms with van der Waals surface area (Å²) < 4.78 is 5.15. The van der Waals surface area contributed by atoms with E-state index in [2.05, 4.69) is 5.32 Å². The minimum Gasteiger partial charge on any atom is -0.456 e. The van der Waals surface area contributed by atoms with Crippen LogP contribution < -0.4 is 5.32 Å². The third-order valence-corrected chi connectivity index (χ3v) is 4.22. The van der Waals surface area contributed by atoms with Crippen molar-refractivity contribution in [2.75, 3.05) is 27.2 Å². The number of ether oxygens (including phenoxy) is 1. The molecule has 0 aliphatic carbocycles. The molecule has 0 fully saturated rings. The molecule has 0 atom stereocenters. The zero-order valence-corrected chi connectivity index (χ0v) is 15.6. The number of benzene rings is 2. The fraction of sp³-hybridized carbons (Fsp3) is 0.286. The van der Waals surface area contributed by atoms with Crippen molar-refractivity contribution in [3.05, 3.63) is 71.8 Å². The summed E-state index contributed by atoms with van der Waals surface area (Å²) in [5.74, 6) is -1.33. The summed E-state index contributed by atoms with van der Waals surface area (Å²) in [6.07, 6.45) is 0.125. The predicted molar refractivity (Wildman–Crippen MR) is 102 cm³/mol. The largest absolute Gasteiger partial charge is 0.456 e. The van der Waals surface area contributed by atoms with E-state index in [-0.39, 0.29) is 31.4 Å². The molecule has 2 aromatic carbocycles. The number of nitrogens with zero attached hydrogens (tertiary/aromatic N) is 1. The van der Waals surface area contributed by atoms with Crippen molar-refractivity contribution in [2.45, 2.75) is 12.3 Å².